The lowest BCUT2D eigenvalue weighted by molar-refractivity contribution is 0.0362. The molecule has 1 unspecified atom stereocenters. The molecule has 2 fully saturated rings. The van der Waals surface area contributed by atoms with Gasteiger partial charge in [-0.3, -0.25) is 14.3 Å². The van der Waals surface area contributed by atoms with E-state index >= 15 is 0 Å². The highest BCUT2D eigenvalue weighted by molar-refractivity contribution is 5.98. The fourth-order valence-electron chi connectivity index (χ4n) is 3.61. The second-order valence-electron chi connectivity index (χ2n) is 6.40. The Morgan fingerprint density at radius 1 is 1.24 bits per heavy atom. The van der Waals surface area contributed by atoms with Crippen molar-refractivity contribution in [3.8, 4) is 5.69 Å². The van der Waals surface area contributed by atoms with Gasteiger partial charge in [0.25, 0.3) is 5.91 Å². The van der Waals surface area contributed by atoms with Crippen LogP contribution in [-0.2, 0) is 4.74 Å². The standard InChI is InChI=1S/C17H19N5O3/c1-2-17-9-20(7-8-22(17)16(24)25-10-17)15(23)13-5-3-4-6-14(13)21-11-18-19-12-21/h3-6,11-12H,2,7-10H2,1H3. The molecule has 2 aliphatic heterocycles. The molecule has 0 spiro atoms. The van der Waals surface area contributed by atoms with E-state index in [9.17, 15) is 9.59 Å². The molecule has 0 radical (unpaired) electrons. The third kappa shape index (κ3) is 2.45. The number of fused-ring (bicyclic) bond motifs is 1. The van der Waals surface area contributed by atoms with E-state index in [1.807, 2.05) is 30.0 Å². The maximum atomic E-state index is 13.2. The number of aromatic nitrogens is 3. The molecule has 0 bridgehead atoms. The molecule has 0 N–H and O–H groups in total. The summed E-state index contributed by atoms with van der Waals surface area (Å²) in [7, 11) is 0. The minimum absolute atomic E-state index is 0.0591. The minimum Gasteiger partial charge on any atom is -0.447 e. The number of carbonyl (C=O) groups is 2. The Labute approximate surface area is 145 Å². The van der Waals surface area contributed by atoms with Gasteiger partial charge in [0.1, 0.15) is 19.3 Å². The number of hydrogen-bond donors (Lipinski definition) is 0. The molecule has 1 atom stereocenters. The normalized spacial score (nSPS) is 22.7. The number of rotatable bonds is 3. The molecule has 8 nitrogen and oxygen atoms in total. The number of benzene rings is 1. The molecule has 1 aromatic heterocycles. The molecule has 2 saturated heterocycles. The van der Waals surface area contributed by atoms with Gasteiger partial charge in [-0.1, -0.05) is 19.1 Å². The number of hydrogen-bond acceptors (Lipinski definition) is 5. The van der Waals surface area contributed by atoms with Crippen LogP contribution in [0.25, 0.3) is 5.69 Å². The van der Waals surface area contributed by atoms with Gasteiger partial charge in [-0.2, -0.15) is 0 Å². The van der Waals surface area contributed by atoms with Gasteiger partial charge in [0.2, 0.25) is 0 Å². The lowest BCUT2D eigenvalue weighted by Crippen LogP contribution is -2.62. The van der Waals surface area contributed by atoms with Crippen LogP contribution in [0.3, 0.4) is 0 Å². The number of carbonyl (C=O) groups excluding carboxylic acids is 2. The zero-order valence-electron chi connectivity index (χ0n) is 14.0. The van der Waals surface area contributed by atoms with Crippen molar-refractivity contribution in [3.05, 3.63) is 42.5 Å². The summed E-state index contributed by atoms with van der Waals surface area (Å²) in [4.78, 5) is 28.7. The molecule has 3 heterocycles. The second kappa shape index (κ2) is 5.87. The van der Waals surface area contributed by atoms with E-state index in [0.29, 0.717) is 31.8 Å². The number of amides is 2. The van der Waals surface area contributed by atoms with E-state index in [4.69, 9.17) is 4.74 Å². The van der Waals surface area contributed by atoms with Crippen LogP contribution >= 0.6 is 0 Å². The summed E-state index contributed by atoms with van der Waals surface area (Å²) < 4.78 is 6.96. The van der Waals surface area contributed by atoms with E-state index < -0.39 is 5.54 Å². The van der Waals surface area contributed by atoms with Crippen molar-refractivity contribution in [2.75, 3.05) is 26.2 Å². The van der Waals surface area contributed by atoms with Crippen LogP contribution in [0.5, 0.6) is 0 Å². The highest BCUT2D eigenvalue weighted by atomic mass is 16.6. The maximum absolute atomic E-state index is 13.2. The third-order valence-corrected chi connectivity index (χ3v) is 5.11. The van der Waals surface area contributed by atoms with Crippen LogP contribution in [0.2, 0.25) is 0 Å². The maximum Gasteiger partial charge on any atom is 0.410 e. The second-order valence-corrected chi connectivity index (χ2v) is 6.40. The van der Waals surface area contributed by atoms with Crippen LogP contribution in [-0.4, -0.2) is 68.3 Å². The van der Waals surface area contributed by atoms with Gasteiger partial charge in [0, 0.05) is 19.6 Å². The van der Waals surface area contributed by atoms with Crippen molar-refractivity contribution in [2.24, 2.45) is 0 Å². The number of para-hydroxylation sites is 1. The Morgan fingerprint density at radius 2 is 2.00 bits per heavy atom. The van der Waals surface area contributed by atoms with Gasteiger partial charge >= 0.3 is 6.09 Å². The minimum atomic E-state index is -0.420. The van der Waals surface area contributed by atoms with Crippen LogP contribution in [0, 0.1) is 0 Å². The molecule has 4 rings (SSSR count). The largest absolute Gasteiger partial charge is 0.447 e. The number of ether oxygens (including phenoxy) is 1. The fourth-order valence-corrected chi connectivity index (χ4v) is 3.61. The van der Waals surface area contributed by atoms with Crippen molar-refractivity contribution in [1.29, 1.82) is 0 Å². The van der Waals surface area contributed by atoms with Crippen LogP contribution in [0.15, 0.2) is 36.9 Å². The first-order valence-electron chi connectivity index (χ1n) is 8.32. The topological polar surface area (TPSA) is 80.6 Å². The van der Waals surface area contributed by atoms with Crippen molar-refractivity contribution in [3.63, 3.8) is 0 Å². The third-order valence-electron chi connectivity index (χ3n) is 5.11. The van der Waals surface area contributed by atoms with Crippen LogP contribution < -0.4 is 0 Å². The average Bonchev–Trinajstić information content (AvgIpc) is 3.30. The SMILES string of the molecule is CCC12COC(=O)N1CCN(C(=O)c1ccccc1-n1cnnc1)C2. The Balaban J connectivity index is 1.64. The summed E-state index contributed by atoms with van der Waals surface area (Å²) in [5, 5.41) is 7.63. The lowest BCUT2D eigenvalue weighted by atomic mass is 9.92. The highest BCUT2D eigenvalue weighted by Gasteiger charge is 2.50. The summed E-state index contributed by atoms with van der Waals surface area (Å²) in [5.74, 6) is -0.0591. The van der Waals surface area contributed by atoms with E-state index in [-0.39, 0.29) is 12.0 Å². The monoisotopic (exact) mass is 341 g/mol. The van der Waals surface area contributed by atoms with E-state index in [1.165, 1.54) is 0 Å². The molecule has 130 valence electrons. The first-order valence-corrected chi connectivity index (χ1v) is 8.32. The summed E-state index contributed by atoms with van der Waals surface area (Å²) in [5.41, 5.74) is 0.910. The van der Waals surface area contributed by atoms with E-state index in [2.05, 4.69) is 10.2 Å². The molecule has 8 heteroatoms. The summed E-state index contributed by atoms with van der Waals surface area (Å²) in [6.45, 7) is 3.82. The molecular weight excluding hydrogens is 322 g/mol. The van der Waals surface area contributed by atoms with E-state index in [0.717, 1.165) is 12.1 Å². The smallest absolute Gasteiger partial charge is 0.410 e. The van der Waals surface area contributed by atoms with Crippen molar-refractivity contribution in [2.45, 2.75) is 18.9 Å². The van der Waals surface area contributed by atoms with E-state index in [1.54, 1.807) is 28.2 Å². The molecule has 0 saturated carbocycles. The highest BCUT2D eigenvalue weighted by Crippen LogP contribution is 2.32. The molecule has 25 heavy (non-hydrogen) atoms. The summed E-state index contributed by atoms with van der Waals surface area (Å²) >= 11 is 0. The Kier molecular flexibility index (Phi) is 3.67. The van der Waals surface area contributed by atoms with Gasteiger partial charge < -0.3 is 9.64 Å². The lowest BCUT2D eigenvalue weighted by Gasteiger charge is -2.44. The van der Waals surface area contributed by atoms with Gasteiger partial charge in [0.05, 0.1) is 16.8 Å². The van der Waals surface area contributed by atoms with Gasteiger partial charge in [0.15, 0.2) is 0 Å². The number of cyclic esters (lactones) is 1. The Hall–Kier alpha value is -2.90. The van der Waals surface area contributed by atoms with Crippen molar-refractivity contribution in [1.82, 2.24) is 24.6 Å². The molecule has 0 aliphatic carbocycles. The zero-order chi connectivity index (χ0) is 17.4. The van der Waals surface area contributed by atoms with Gasteiger partial charge in [-0.25, -0.2) is 4.79 Å². The zero-order valence-corrected chi connectivity index (χ0v) is 14.0. The fraction of sp³-hybridized carbons (Fsp3) is 0.412. The average molecular weight is 341 g/mol. The Bertz CT molecular complexity index is 806. The summed E-state index contributed by atoms with van der Waals surface area (Å²) in [6.07, 6.45) is 3.61. The molecular formula is C17H19N5O3. The quantitative estimate of drug-likeness (QED) is 0.841. The van der Waals surface area contributed by atoms with Gasteiger partial charge in [-0.15, -0.1) is 10.2 Å². The van der Waals surface area contributed by atoms with Gasteiger partial charge in [-0.05, 0) is 18.6 Å². The molecule has 2 aliphatic rings. The predicted molar refractivity (Wildman–Crippen MR) is 88.3 cm³/mol. The number of nitrogens with zero attached hydrogens (tertiary/aromatic N) is 5. The molecule has 2 aromatic rings. The Morgan fingerprint density at radius 3 is 2.76 bits per heavy atom. The summed E-state index contributed by atoms with van der Waals surface area (Å²) in [6, 6.07) is 7.39. The first kappa shape index (κ1) is 15.6. The molecule has 1 aromatic carbocycles. The van der Waals surface area contributed by atoms with Crippen molar-refractivity contribution < 1.29 is 14.3 Å². The first-order chi connectivity index (χ1) is 12.1. The number of piperazine rings is 1. The predicted octanol–water partition coefficient (Wildman–Crippen LogP) is 1.32. The molecule has 2 amide bonds. The van der Waals surface area contributed by atoms with Crippen molar-refractivity contribution >= 4 is 12.0 Å². The van der Waals surface area contributed by atoms with Crippen LogP contribution in [0.4, 0.5) is 4.79 Å². The van der Waals surface area contributed by atoms with Crippen LogP contribution in [0.1, 0.15) is 23.7 Å².